The summed E-state index contributed by atoms with van der Waals surface area (Å²) >= 11 is 0. The maximum atomic E-state index is 10.8. The quantitative estimate of drug-likeness (QED) is 0.458. The molecular formula is C25H36O3. The fraction of sp³-hybridized carbons (Fsp3) is 0.560. The van der Waals surface area contributed by atoms with Crippen molar-refractivity contribution in [3.05, 3.63) is 52.6 Å². The van der Waals surface area contributed by atoms with Crippen LogP contribution in [-0.4, -0.2) is 17.7 Å². The molecule has 3 heteroatoms. The van der Waals surface area contributed by atoms with Crippen molar-refractivity contribution in [2.45, 2.75) is 78.6 Å². The summed E-state index contributed by atoms with van der Waals surface area (Å²) in [5.41, 5.74) is 4.75. The topological polar surface area (TPSA) is 46.5 Å². The molecule has 2 rings (SSSR count). The number of benzene rings is 1. The number of rotatable bonds is 6. The van der Waals surface area contributed by atoms with Crippen molar-refractivity contribution in [3.63, 3.8) is 0 Å². The highest BCUT2D eigenvalue weighted by molar-refractivity contribution is 5.81. The Morgan fingerprint density at radius 2 is 1.82 bits per heavy atom. The molecule has 1 fully saturated rings. The maximum absolute atomic E-state index is 10.8. The summed E-state index contributed by atoms with van der Waals surface area (Å²) in [6, 6.07) is 4.65. The van der Waals surface area contributed by atoms with Crippen molar-refractivity contribution in [2.24, 2.45) is 5.92 Å². The van der Waals surface area contributed by atoms with Gasteiger partial charge in [-0.2, -0.15) is 0 Å². The second-order valence-electron chi connectivity index (χ2n) is 9.97. The molecule has 1 aliphatic rings. The summed E-state index contributed by atoms with van der Waals surface area (Å²) in [4.78, 5) is 10.8. The molecule has 0 heterocycles. The van der Waals surface area contributed by atoms with Gasteiger partial charge in [-0.05, 0) is 59.6 Å². The first-order valence-electron chi connectivity index (χ1n) is 10.3. The third-order valence-corrected chi connectivity index (χ3v) is 5.28. The maximum Gasteiger partial charge on any atom is 0.328 e. The van der Waals surface area contributed by atoms with E-state index in [0.717, 1.165) is 17.7 Å². The minimum Gasteiger partial charge on any atom is -0.493 e. The standard InChI is InChI=1S/C25H36O3/c1-9-28-23-20(19-13-17(19)11-10-16(2)12-22(26)27)14-18(24(3,4)5)15-21(23)25(6,7)8/h10-12,14-15,17,19H,9,13H2,1-8H3,(H,26,27)/b11-10+,16-12+/t17-,19+/m0/s1. The largest absolute Gasteiger partial charge is 0.493 e. The van der Waals surface area contributed by atoms with Gasteiger partial charge in [-0.1, -0.05) is 65.8 Å². The average Bonchev–Trinajstić information content (AvgIpc) is 3.30. The summed E-state index contributed by atoms with van der Waals surface area (Å²) < 4.78 is 6.18. The number of hydrogen-bond acceptors (Lipinski definition) is 2. The minimum absolute atomic E-state index is 0.00154. The average molecular weight is 385 g/mol. The Labute approximate surface area is 170 Å². The van der Waals surface area contributed by atoms with Crippen LogP contribution in [0.15, 0.2) is 35.9 Å². The molecule has 28 heavy (non-hydrogen) atoms. The van der Waals surface area contributed by atoms with Crippen LogP contribution in [0.1, 0.15) is 84.4 Å². The molecule has 1 saturated carbocycles. The molecule has 0 aliphatic heterocycles. The number of carboxylic acids is 1. The molecule has 0 amide bonds. The Morgan fingerprint density at radius 3 is 2.32 bits per heavy atom. The van der Waals surface area contributed by atoms with E-state index in [1.165, 1.54) is 22.8 Å². The second-order valence-corrected chi connectivity index (χ2v) is 9.97. The van der Waals surface area contributed by atoms with Crippen molar-refractivity contribution >= 4 is 5.97 Å². The summed E-state index contributed by atoms with van der Waals surface area (Å²) in [6.07, 6.45) is 6.40. The molecule has 1 N–H and O–H groups in total. The van der Waals surface area contributed by atoms with Gasteiger partial charge >= 0.3 is 5.97 Å². The zero-order valence-electron chi connectivity index (χ0n) is 18.7. The van der Waals surface area contributed by atoms with Gasteiger partial charge in [0.05, 0.1) is 6.61 Å². The highest BCUT2D eigenvalue weighted by Crippen LogP contribution is 2.54. The van der Waals surface area contributed by atoms with E-state index < -0.39 is 5.97 Å². The number of aliphatic carboxylic acids is 1. The molecule has 1 aromatic carbocycles. The third kappa shape index (κ3) is 5.50. The van der Waals surface area contributed by atoms with Gasteiger partial charge in [-0.25, -0.2) is 4.79 Å². The molecule has 0 aromatic heterocycles. The Morgan fingerprint density at radius 1 is 1.18 bits per heavy atom. The molecule has 154 valence electrons. The van der Waals surface area contributed by atoms with E-state index in [1.807, 2.05) is 19.9 Å². The Balaban J connectivity index is 2.46. The molecule has 3 nitrogen and oxygen atoms in total. The van der Waals surface area contributed by atoms with Crippen molar-refractivity contribution in [2.75, 3.05) is 6.61 Å². The predicted octanol–water partition coefficient (Wildman–Crippen LogP) is 6.37. The van der Waals surface area contributed by atoms with E-state index in [-0.39, 0.29) is 10.8 Å². The summed E-state index contributed by atoms with van der Waals surface area (Å²) in [6.45, 7) is 18.0. The van der Waals surface area contributed by atoms with E-state index >= 15 is 0 Å². The van der Waals surface area contributed by atoms with Crippen LogP contribution in [0.25, 0.3) is 0 Å². The summed E-state index contributed by atoms with van der Waals surface area (Å²) in [5.74, 6) is 1.00. The van der Waals surface area contributed by atoms with Crippen LogP contribution < -0.4 is 4.74 Å². The lowest BCUT2D eigenvalue weighted by Gasteiger charge is -2.29. The Kier molecular flexibility index (Phi) is 6.48. The number of carbonyl (C=O) groups is 1. The summed E-state index contributed by atoms with van der Waals surface area (Å²) in [7, 11) is 0. The van der Waals surface area contributed by atoms with Crippen LogP contribution in [0.5, 0.6) is 5.75 Å². The fourth-order valence-electron chi connectivity index (χ4n) is 3.53. The van der Waals surface area contributed by atoms with Crippen LogP contribution >= 0.6 is 0 Å². The molecule has 0 bridgehead atoms. The molecule has 0 spiro atoms. The number of hydrogen-bond donors (Lipinski definition) is 1. The SMILES string of the molecule is CCOc1c([C@@H]2C[C@@H]2/C=C/C(C)=C/C(=O)O)cc(C(C)(C)C)cc1C(C)(C)C. The van der Waals surface area contributed by atoms with Gasteiger partial charge < -0.3 is 9.84 Å². The first kappa shape index (κ1) is 22.3. The smallest absolute Gasteiger partial charge is 0.328 e. The van der Waals surface area contributed by atoms with Crippen molar-refractivity contribution in [3.8, 4) is 5.75 Å². The van der Waals surface area contributed by atoms with Gasteiger partial charge in [0, 0.05) is 11.6 Å². The van der Waals surface area contributed by atoms with E-state index in [9.17, 15) is 4.79 Å². The number of allylic oxidation sites excluding steroid dienone is 3. The zero-order chi connectivity index (χ0) is 21.3. The van der Waals surface area contributed by atoms with Crippen molar-refractivity contribution < 1.29 is 14.6 Å². The molecule has 1 aliphatic carbocycles. The van der Waals surface area contributed by atoms with Crippen LogP contribution in [0, 0.1) is 5.92 Å². The first-order chi connectivity index (χ1) is 12.8. The normalized spacial score (nSPS) is 20.5. The molecule has 1 aromatic rings. The minimum atomic E-state index is -0.902. The predicted molar refractivity (Wildman–Crippen MR) is 116 cm³/mol. The molecule has 0 radical (unpaired) electrons. The van der Waals surface area contributed by atoms with E-state index in [4.69, 9.17) is 9.84 Å². The highest BCUT2D eigenvalue weighted by Gasteiger charge is 2.40. The van der Waals surface area contributed by atoms with Crippen LogP contribution in [0.3, 0.4) is 0 Å². The van der Waals surface area contributed by atoms with E-state index in [2.05, 4.69) is 59.8 Å². The van der Waals surface area contributed by atoms with E-state index in [0.29, 0.717) is 18.4 Å². The lowest BCUT2D eigenvalue weighted by Crippen LogP contribution is -2.19. The second kappa shape index (κ2) is 8.14. The van der Waals surface area contributed by atoms with Crippen LogP contribution in [-0.2, 0) is 15.6 Å². The molecule has 0 saturated heterocycles. The van der Waals surface area contributed by atoms with Crippen LogP contribution in [0.2, 0.25) is 0 Å². The van der Waals surface area contributed by atoms with Crippen molar-refractivity contribution in [1.29, 1.82) is 0 Å². The molecule has 2 atom stereocenters. The van der Waals surface area contributed by atoms with Crippen molar-refractivity contribution in [1.82, 2.24) is 0 Å². The monoisotopic (exact) mass is 384 g/mol. The van der Waals surface area contributed by atoms with Gasteiger partial charge in [0.25, 0.3) is 0 Å². The number of carboxylic acid groups (broad SMARTS) is 1. The zero-order valence-corrected chi connectivity index (χ0v) is 18.7. The van der Waals surface area contributed by atoms with Gasteiger partial charge in [-0.15, -0.1) is 0 Å². The van der Waals surface area contributed by atoms with Gasteiger partial charge in [0.15, 0.2) is 0 Å². The molecule has 0 unspecified atom stereocenters. The van der Waals surface area contributed by atoms with Crippen LogP contribution in [0.4, 0.5) is 0 Å². The Hall–Kier alpha value is -2.03. The fourth-order valence-corrected chi connectivity index (χ4v) is 3.53. The number of ether oxygens (including phenoxy) is 1. The Bertz CT molecular complexity index is 785. The van der Waals surface area contributed by atoms with Gasteiger partial charge in [0.2, 0.25) is 0 Å². The summed E-state index contributed by atoms with van der Waals surface area (Å²) in [5, 5.41) is 8.88. The molecular weight excluding hydrogens is 348 g/mol. The first-order valence-corrected chi connectivity index (χ1v) is 10.3. The highest BCUT2D eigenvalue weighted by atomic mass is 16.5. The lowest BCUT2D eigenvalue weighted by atomic mass is 9.78. The lowest BCUT2D eigenvalue weighted by molar-refractivity contribution is -0.131. The van der Waals surface area contributed by atoms with E-state index in [1.54, 1.807) is 0 Å². The van der Waals surface area contributed by atoms with Gasteiger partial charge in [0.1, 0.15) is 5.75 Å². The third-order valence-electron chi connectivity index (χ3n) is 5.28. The van der Waals surface area contributed by atoms with Gasteiger partial charge in [-0.3, -0.25) is 0 Å².